The normalized spacial score (nSPS) is 14.1. The van der Waals surface area contributed by atoms with Crippen LogP contribution in [0.3, 0.4) is 0 Å². The van der Waals surface area contributed by atoms with Crippen LogP contribution in [0.5, 0.6) is 0 Å². The lowest BCUT2D eigenvalue weighted by Gasteiger charge is -2.05. The summed E-state index contributed by atoms with van der Waals surface area (Å²) in [4.78, 5) is 0. The molecule has 0 aliphatic rings. The van der Waals surface area contributed by atoms with Crippen molar-refractivity contribution in [3.63, 3.8) is 0 Å². The fourth-order valence-corrected chi connectivity index (χ4v) is 1.00. The van der Waals surface area contributed by atoms with Gasteiger partial charge in [0.25, 0.3) is 0 Å². The van der Waals surface area contributed by atoms with Crippen LogP contribution in [-0.4, -0.2) is 18.2 Å². The number of hydrogen-bond acceptors (Lipinski definition) is 2. The molecule has 1 atom stereocenters. The zero-order valence-corrected chi connectivity index (χ0v) is 6.01. The van der Waals surface area contributed by atoms with E-state index in [4.69, 9.17) is 0 Å². The van der Waals surface area contributed by atoms with Crippen LogP contribution in [0.2, 0.25) is 0 Å². The quantitative estimate of drug-likeness (QED) is 0.562. The Balaban J connectivity index is 2.83. The molecule has 1 N–H and O–H groups in total. The van der Waals surface area contributed by atoms with Crippen LogP contribution in [0.25, 0.3) is 0 Å². The van der Waals surface area contributed by atoms with Crippen LogP contribution in [0.4, 0.5) is 0 Å². The lowest BCUT2D eigenvalue weighted by molar-refractivity contribution is 0.806. The largest absolute Gasteiger partial charge is 0.309 e. The first-order chi connectivity index (χ1) is 3.31. The molecule has 0 aromatic heterocycles. The molecule has 0 saturated heterocycles. The molecular weight excluding hydrogens is 106 g/mol. The van der Waals surface area contributed by atoms with Gasteiger partial charge in [0, 0.05) is 0 Å². The van der Waals surface area contributed by atoms with Gasteiger partial charge in [-0.2, -0.15) is 0 Å². The van der Waals surface area contributed by atoms with Gasteiger partial charge < -0.3 is 5.32 Å². The van der Waals surface area contributed by atoms with Crippen molar-refractivity contribution in [1.82, 2.24) is 5.32 Å². The summed E-state index contributed by atoms with van der Waals surface area (Å²) in [5.74, 6) is 1.20. The summed E-state index contributed by atoms with van der Waals surface area (Å²) in [7, 11) is 1.98. The first-order valence-corrected chi connectivity index (χ1v) is 3.65. The molecule has 0 bridgehead atoms. The maximum atomic E-state index is 3.13. The van der Waals surface area contributed by atoms with Crippen molar-refractivity contribution in [3.05, 3.63) is 0 Å². The number of hydrogen-bond donors (Lipinski definition) is 1. The third-order valence-corrected chi connectivity index (χ3v) is 1.89. The van der Waals surface area contributed by atoms with Gasteiger partial charge in [0.05, 0.1) is 5.37 Å². The summed E-state index contributed by atoms with van der Waals surface area (Å²) in [6.07, 6.45) is 0. The second kappa shape index (κ2) is 4.47. The molecule has 0 saturated carbocycles. The van der Waals surface area contributed by atoms with Crippen molar-refractivity contribution in [2.75, 3.05) is 12.8 Å². The minimum atomic E-state index is 0.616. The zero-order chi connectivity index (χ0) is 5.70. The van der Waals surface area contributed by atoms with Gasteiger partial charge in [-0.05, 0) is 19.7 Å². The summed E-state index contributed by atoms with van der Waals surface area (Å²) in [6.45, 7) is 4.33. The van der Waals surface area contributed by atoms with Crippen molar-refractivity contribution in [2.45, 2.75) is 19.2 Å². The van der Waals surface area contributed by atoms with Crippen molar-refractivity contribution < 1.29 is 0 Å². The molecule has 0 aromatic carbocycles. The third kappa shape index (κ3) is 4.16. The predicted octanol–water partition coefficient (Wildman–Crippen LogP) is 1.30. The summed E-state index contributed by atoms with van der Waals surface area (Å²) in [5.41, 5.74) is 0. The Bertz CT molecular complexity index is 39.1. The van der Waals surface area contributed by atoms with E-state index in [9.17, 15) is 0 Å². The molecule has 0 heterocycles. The van der Waals surface area contributed by atoms with Crippen LogP contribution in [-0.2, 0) is 0 Å². The van der Waals surface area contributed by atoms with E-state index in [1.807, 2.05) is 18.8 Å². The van der Waals surface area contributed by atoms with Gasteiger partial charge in [-0.15, -0.1) is 11.8 Å². The second-order valence-corrected chi connectivity index (χ2v) is 3.00. The zero-order valence-electron chi connectivity index (χ0n) is 5.19. The first kappa shape index (κ1) is 7.31. The Morgan fingerprint density at radius 2 is 2.29 bits per heavy atom. The van der Waals surface area contributed by atoms with E-state index in [2.05, 4.69) is 19.2 Å². The maximum Gasteiger partial charge on any atom is 0.0500 e. The molecule has 0 aliphatic heterocycles. The molecular formula is C5H13NS. The standard InChI is InChI=1S/C5H13NS/c1-4-7-5(2)6-3/h5-6H,4H2,1-3H3. The van der Waals surface area contributed by atoms with Gasteiger partial charge in [-0.3, -0.25) is 0 Å². The van der Waals surface area contributed by atoms with Crippen molar-refractivity contribution in [1.29, 1.82) is 0 Å². The lowest BCUT2D eigenvalue weighted by atomic mass is 10.8. The Hall–Kier alpha value is 0.310. The van der Waals surface area contributed by atoms with Gasteiger partial charge in [0.15, 0.2) is 0 Å². The minimum absolute atomic E-state index is 0.616. The average molecular weight is 119 g/mol. The maximum absolute atomic E-state index is 3.13. The first-order valence-electron chi connectivity index (χ1n) is 2.60. The fraction of sp³-hybridized carbons (Fsp3) is 1.00. The van der Waals surface area contributed by atoms with E-state index in [-0.39, 0.29) is 0 Å². The molecule has 0 aliphatic carbocycles. The molecule has 0 radical (unpaired) electrons. The summed E-state index contributed by atoms with van der Waals surface area (Å²) in [5, 5.41) is 3.74. The molecule has 7 heavy (non-hydrogen) atoms. The molecule has 1 nitrogen and oxygen atoms in total. The van der Waals surface area contributed by atoms with E-state index in [0.717, 1.165) is 0 Å². The smallest absolute Gasteiger partial charge is 0.0500 e. The van der Waals surface area contributed by atoms with Crippen molar-refractivity contribution >= 4 is 11.8 Å². The van der Waals surface area contributed by atoms with E-state index in [1.165, 1.54) is 5.75 Å². The second-order valence-electron chi connectivity index (χ2n) is 1.39. The molecule has 0 amide bonds. The van der Waals surface area contributed by atoms with Crippen LogP contribution in [0, 0.1) is 0 Å². The van der Waals surface area contributed by atoms with Gasteiger partial charge >= 0.3 is 0 Å². The lowest BCUT2D eigenvalue weighted by Crippen LogP contribution is -2.16. The summed E-state index contributed by atoms with van der Waals surface area (Å²) >= 11 is 1.92. The fourth-order valence-electron chi connectivity index (χ4n) is 0.333. The van der Waals surface area contributed by atoms with Crippen LogP contribution in [0.1, 0.15) is 13.8 Å². The monoisotopic (exact) mass is 119 g/mol. The third-order valence-electron chi connectivity index (χ3n) is 0.823. The Labute approximate surface area is 49.9 Å². The van der Waals surface area contributed by atoms with Crippen molar-refractivity contribution in [3.8, 4) is 0 Å². The highest BCUT2D eigenvalue weighted by Crippen LogP contribution is 2.03. The van der Waals surface area contributed by atoms with E-state index in [0.29, 0.717) is 5.37 Å². The molecule has 0 spiro atoms. The van der Waals surface area contributed by atoms with Crippen LogP contribution >= 0.6 is 11.8 Å². The topological polar surface area (TPSA) is 12.0 Å². The van der Waals surface area contributed by atoms with Gasteiger partial charge in [0.1, 0.15) is 0 Å². The van der Waals surface area contributed by atoms with Crippen LogP contribution < -0.4 is 5.32 Å². The summed E-state index contributed by atoms with van der Waals surface area (Å²) < 4.78 is 0. The highest BCUT2D eigenvalue weighted by atomic mass is 32.2. The molecule has 44 valence electrons. The van der Waals surface area contributed by atoms with E-state index < -0.39 is 0 Å². The highest BCUT2D eigenvalue weighted by Gasteiger charge is 1.91. The SMILES string of the molecule is CCSC(C)NC. The van der Waals surface area contributed by atoms with Crippen molar-refractivity contribution in [2.24, 2.45) is 0 Å². The minimum Gasteiger partial charge on any atom is -0.309 e. The number of thioether (sulfide) groups is 1. The number of rotatable bonds is 3. The molecule has 2 heteroatoms. The molecule has 1 unspecified atom stereocenters. The Morgan fingerprint density at radius 3 is 2.43 bits per heavy atom. The van der Waals surface area contributed by atoms with E-state index >= 15 is 0 Å². The highest BCUT2D eigenvalue weighted by molar-refractivity contribution is 7.99. The predicted molar refractivity (Wildman–Crippen MR) is 36.7 cm³/mol. The Kier molecular flexibility index (Phi) is 4.67. The van der Waals surface area contributed by atoms with E-state index in [1.54, 1.807) is 0 Å². The van der Waals surface area contributed by atoms with Gasteiger partial charge in [-0.25, -0.2) is 0 Å². The molecule has 0 rings (SSSR count). The van der Waals surface area contributed by atoms with Crippen LogP contribution in [0.15, 0.2) is 0 Å². The molecule has 0 aromatic rings. The Morgan fingerprint density at radius 1 is 1.71 bits per heavy atom. The molecule has 0 fully saturated rings. The number of nitrogens with one attached hydrogen (secondary N) is 1. The summed E-state index contributed by atoms with van der Waals surface area (Å²) in [6, 6.07) is 0. The average Bonchev–Trinajstić information content (AvgIpc) is 1.68. The van der Waals surface area contributed by atoms with Gasteiger partial charge in [0.2, 0.25) is 0 Å². The van der Waals surface area contributed by atoms with Gasteiger partial charge in [-0.1, -0.05) is 6.92 Å².